The van der Waals surface area contributed by atoms with Gasteiger partial charge in [-0.25, -0.2) is 18.1 Å². The van der Waals surface area contributed by atoms with Gasteiger partial charge in [0, 0.05) is 31.5 Å². The van der Waals surface area contributed by atoms with E-state index in [9.17, 15) is 8.42 Å². The fourth-order valence-corrected chi connectivity index (χ4v) is 3.84. The second-order valence-corrected chi connectivity index (χ2v) is 8.24. The average Bonchev–Trinajstić information content (AvgIpc) is 2.54. The van der Waals surface area contributed by atoms with Gasteiger partial charge in [-0.3, -0.25) is 0 Å². The van der Waals surface area contributed by atoms with Gasteiger partial charge in [0.2, 0.25) is 10.0 Å². The topological polar surface area (TPSA) is 62.3 Å². The lowest BCUT2D eigenvalue weighted by molar-refractivity contribution is 0.580. The fraction of sp³-hybridized carbons (Fsp3) is 0.312. The first-order valence-electron chi connectivity index (χ1n) is 7.46. The number of benzene rings is 1. The van der Waals surface area contributed by atoms with Crippen LogP contribution in [0.3, 0.4) is 0 Å². The number of aromatic nitrogens is 1. The molecule has 0 amide bonds. The molecular formula is C16H19BrClN3O2S. The highest BCUT2D eigenvalue weighted by atomic mass is 79.9. The Bertz CT molecular complexity index is 815. The smallest absolute Gasteiger partial charge is 0.242 e. The summed E-state index contributed by atoms with van der Waals surface area (Å²) in [5.41, 5.74) is 2.25. The lowest BCUT2D eigenvalue weighted by atomic mass is 10.2. The van der Waals surface area contributed by atoms with Gasteiger partial charge >= 0.3 is 0 Å². The molecular weight excluding hydrogens is 414 g/mol. The Labute approximate surface area is 156 Å². The Morgan fingerprint density at radius 3 is 2.71 bits per heavy atom. The monoisotopic (exact) mass is 431 g/mol. The number of hydrogen-bond acceptors (Lipinski definition) is 4. The van der Waals surface area contributed by atoms with Crippen molar-refractivity contribution in [1.82, 2.24) is 9.71 Å². The van der Waals surface area contributed by atoms with E-state index < -0.39 is 10.0 Å². The predicted molar refractivity (Wildman–Crippen MR) is 101 cm³/mol. The van der Waals surface area contributed by atoms with Crippen LogP contribution >= 0.6 is 27.5 Å². The summed E-state index contributed by atoms with van der Waals surface area (Å²) in [5, 5.41) is 0.227. The third kappa shape index (κ3) is 4.92. The van der Waals surface area contributed by atoms with Crippen molar-refractivity contribution in [3.63, 3.8) is 0 Å². The molecule has 8 heteroatoms. The van der Waals surface area contributed by atoms with Crippen LogP contribution in [-0.2, 0) is 10.0 Å². The molecule has 0 saturated heterocycles. The van der Waals surface area contributed by atoms with Crippen molar-refractivity contribution >= 4 is 43.2 Å². The maximum Gasteiger partial charge on any atom is 0.242 e. The maximum atomic E-state index is 12.3. The van der Waals surface area contributed by atoms with Crippen molar-refractivity contribution in [1.29, 1.82) is 0 Å². The number of nitrogens with one attached hydrogen (secondary N) is 1. The number of rotatable bonds is 7. The highest BCUT2D eigenvalue weighted by Crippen LogP contribution is 2.22. The Morgan fingerprint density at radius 2 is 2.08 bits per heavy atom. The quantitative estimate of drug-likeness (QED) is 0.679. The molecule has 0 aliphatic heterocycles. The lowest BCUT2D eigenvalue weighted by Gasteiger charge is -2.23. The van der Waals surface area contributed by atoms with Crippen LogP contribution in [0, 0.1) is 6.92 Å². The van der Waals surface area contributed by atoms with Gasteiger partial charge in [0.25, 0.3) is 0 Å². The van der Waals surface area contributed by atoms with E-state index in [-0.39, 0.29) is 10.0 Å². The Morgan fingerprint density at radius 1 is 1.33 bits per heavy atom. The molecule has 2 rings (SSSR count). The first-order valence-corrected chi connectivity index (χ1v) is 10.1. The first-order chi connectivity index (χ1) is 11.3. The SMILES string of the molecule is CCN(CCNS(=O)(=O)c1cnc(Cl)c(Br)c1)c1cccc(C)c1. The second kappa shape index (κ2) is 8.29. The fourth-order valence-electron chi connectivity index (χ4n) is 2.24. The number of hydrogen-bond donors (Lipinski definition) is 1. The zero-order valence-corrected chi connectivity index (χ0v) is 16.6. The highest BCUT2D eigenvalue weighted by molar-refractivity contribution is 9.10. The van der Waals surface area contributed by atoms with Gasteiger partial charge in [0.1, 0.15) is 10.0 Å². The van der Waals surface area contributed by atoms with Crippen LogP contribution in [0.25, 0.3) is 0 Å². The van der Waals surface area contributed by atoms with Crippen molar-refractivity contribution in [3.05, 3.63) is 51.7 Å². The maximum absolute atomic E-state index is 12.3. The molecule has 0 aliphatic carbocycles. The van der Waals surface area contributed by atoms with Gasteiger partial charge in [-0.15, -0.1) is 0 Å². The molecule has 0 unspecified atom stereocenters. The summed E-state index contributed by atoms with van der Waals surface area (Å²) >= 11 is 8.98. The van der Waals surface area contributed by atoms with Crippen molar-refractivity contribution in [2.45, 2.75) is 18.7 Å². The normalized spacial score (nSPS) is 11.5. The third-order valence-electron chi connectivity index (χ3n) is 3.50. The minimum atomic E-state index is -3.62. The number of halogens is 2. The number of aryl methyl sites for hydroxylation is 1. The zero-order valence-electron chi connectivity index (χ0n) is 13.5. The van der Waals surface area contributed by atoms with E-state index in [0.29, 0.717) is 17.6 Å². The summed E-state index contributed by atoms with van der Waals surface area (Å²) in [6.07, 6.45) is 1.24. The second-order valence-electron chi connectivity index (χ2n) is 5.26. The van der Waals surface area contributed by atoms with Gasteiger partial charge in [-0.05, 0) is 53.5 Å². The number of likely N-dealkylation sites (N-methyl/N-ethyl adjacent to an activating group) is 1. The van der Waals surface area contributed by atoms with E-state index >= 15 is 0 Å². The molecule has 1 aromatic heterocycles. The average molecular weight is 433 g/mol. The summed E-state index contributed by atoms with van der Waals surface area (Å²) in [5.74, 6) is 0. The summed E-state index contributed by atoms with van der Waals surface area (Å²) < 4.78 is 27.7. The van der Waals surface area contributed by atoms with E-state index in [4.69, 9.17) is 11.6 Å². The standard InChI is InChI=1S/C16H19BrClN3O2S/c1-3-21(13-6-4-5-12(2)9-13)8-7-20-24(22,23)14-10-15(17)16(18)19-11-14/h4-6,9-11,20H,3,7-8H2,1-2H3. The van der Waals surface area contributed by atoms with Crippen LogP contribution in [0.4, 0.5) is 5.69 Å². The number of sulfonamides is 1. The van der Waals surface area contributed by atoms with Crippen molar-refractivity contribution in [2.75, 3.05) is 24.5 Å². The first kappa shape index (κ1) is 19.2. The largest absolute Gasteiger partial charge is 0.370 e. The van der Waals surface area contributed by atoms with Crippen LogP contribution in [0.2, 0.25) is 5.15 Å². The van der Waals surface area contributed by atoms with E-state index in [1.165, 1.54) is 17.8 Å². The van der Waals surface area contributed by atoms with Gasteiger partial charge < -0.3 is 4.90 Å². The summed E-state index contributed by atoms with van der Waals surface area (Å²) in [7, 11) is -3.62. The van der Waals surface area contributed by atoms with Crippen molar-refractivity contribution in [3.8, 4) is 0 Å². The van der Waals surface area contributed by atoms with Gasteiger partial charge in [0.05, 0.1) is 4.47 Å². The molecule has 5 nitrogen and oxygen atoms in total. The molecule has 2 aromatic rings. The van der Waals surface area contributed by atoms with E-state index in [1.54, 1.807) is 0 Å². The minimum Gasteiger partial charge on any atom is -0.370 e. The highest BCUT2D eigenvalue weighted by Gasteiger charge is 2.16. The lowest BCUT2D eigenvalue weighted by Crippen LogP contribution is -2.35. The summed E-state index contributed by atoms with van der Waals surface area (Å²) in [6.45, 7) is 5.73. The van der Waals surface area contributed by atoms with Gasteiger partial charge in [-0.1, -0.05) is 23.7 Å². The van der Waals surface area contributed by atoms with Crippen molar-refractivity contribution in [2.24, 2.45) is 0 Å². The Kier molecular flexibility index (Phi) is 6.62. The Hall–Kier alpha value is -1.15. The predicted octanol–water partition coefficient (Wildman–Crippen LogP) is 3.61. The van der Waals surface area contributed by atoms with Crippen LogP contribution in [0.15, 0.2) is 45.9 Å². The van der Waals surface area contributed by atoms with Crippen LogP contribution in [-0.4, -0.2) is 33.0 Å². The Balaban J connectivity index is 2.02. The third-order valence-corrected chi connectivity index (χ3v) is 6.07. The number of pyridine rings is 1. The van der Waals surface area contributed by atoms with E-state index in [1.807, 2.05) is 32.0 Å². The molecule has 0 bridgehead atoms. The number of anilines is 1. The molecule has 0 fully saturated rings. The van der Waals surface area contributed by atoms with E-state index in [0.717, 1.165) is 12.2 Å². The minimum absolute atomic E-state index is 0.0809. The molecule has 0 saturated carbocycles. The summed E-state index contributed by atoms with van der Waals surface area (Å²) in [6, 6.07) is 9.57. The van der Waals surface area contributed by atoms with Gasteiger partial charge in [0.15, 0.2) is 0 Å². The molecule has 0 radical (unpaired) electrons. The number of nitrogens with zero attached hydrogens (tertiary/aromatic N) is 2. The molecule has 0 atom stereocenters. The molecule has 130 valence electrons. The molecule has 24 heavy (non-hydrogen) atoms. The molecule has 1 aromatic carbocycles. The summed E-state index contributed by atoms with van der Waals surface area (Å²) in [4.78, 5) is 6.05. The zero-order chi connectivity index (χ0) is 17.7. The van der Waals surface area contributed by atoms with Crippen LogP contribution < -0.4 is 9.62 Å². The van der Waals surface area contributed by atoms with Gasteiger partial charge in [-0.2, -0.15) is 0 Å². The van der Waals surface area contributed by atoms with Crippen LogP contribution in [0.5, 0.6) is 0 Å². The van der Waals surface area contributed by atoms with Crippen molar-refractivity contribution < 1.29 is 8.42 Å². The molecule has 1 N–H and O–H groups in total. The molecule has 0 spiro atoms. The van der Waals surface area contributed by atoms with E-state index in [2.05, 4.69) is 36.6 Å². The molecule has 0 aliphatic rings. The van der Waals surface area contributed by atoms with Crippen LogP contribution in [0.1, 0.15) is 12.5 Å². The molecule has 1 heterocycles.